The van der Waals surface area contributed by atoms with Crippen LogP contribution in [0.1, 0.15) is 5.56 Å². The molecule has 2 aromatic carbocycles. The highest BCUT2D eigenvalue weighted by atomic mass is 35.5. The first kappa shape index (κ1) is 14.8. The molecule has 3 rings (SSSR count). The van der Waals surface area contributed by atoms with E-state index in [9.17, 15) is 13.2 Å². The van der Waals surface area contributed by atoms with E-state index >= 15 is 0 Å². The first-order chi connectivity index (χ1) is 10.4. The van der Waals surface area contributed by atoms with Gasteiger partial charge in [0.1, 0.15) is 5.75 Å². The highest BCUT2D eigenvalue weighted by molar-refractivity contribution is 6.33. The summed E-state index contributed by atoms with van der Waals surface area (Å²) in [6.07, 6.45) is -0.848. The zero-order valence-electron chi connectivity index (χ0n) is 11.3. The molecule has 0 radical (unpaired) electrons. The van der Waals surface area contributed by atoms with Gasteiger partial charge in [-0.15, -0.1) is 13.2 Å². The second kappa shape index (κ2) is 5.57. The quantitative estimate of drug-likeness (QED) is 0.732. The summed E-state index contributed by atoms with van der Waals surface area (Å²) in [7, 11) is 0. The van der Waals surface area contributed by atoms with Gasteiger partial charge in [-0.05, 0) is 23.8 Å². The number of benzene rings is 2. The number of anilines is 2. The van der Waals surface area contributed by atoms with Gasteiger partial charge in [0.2, 0.25) is 0 Å². The van der Waals surface area contributed by atoms with E-state index in [0.29, 0.717) is 17.3 Å². The van der Waals surface area contributed by atoms with Crippen LogP contribution >= 0.6 is 11.6 Å². The number of para-hydroxylation sites is 1. The molecule has 0 spiro atoms. The van der Waals surface area contributed by atoms with E-state index in [1.54, 1.807) is 12.1 Å². The van der Waals surface area contributed by atoms with E-state index in [-0.39, 0.29) is 5.75 Å². The smallest absolute Gasteiger partial charge is 0.406 e. The normalized spacial score (nSPS) is 13.9. The molecule has 0 saturated heterocycles. The number of alkyl halides is 3. The summed E-state index contributed by atoms with van der Waals surface area (Å²) >= 11 is 6.25. The number of rotatable bonds is 2. The second-order valence-corrected chi connectivity index (χ2v) is 5.14. The van der Waals surface area contributed by atoms with Crippen molar-refractivity contribution in [3.8, 4) is 5.75 Å². The molecule has 0 aliphatic carbocycles. The molecule has 22 heavy (non-hydrogen) atoms. The lowest BCUT2D eigenvalue weighted by Crippen LogP contribution is -2.21. The topological polar surface area (TPSA) is 12.5 Å². The Labute approximate surface area is 130 Å². The van der Waals surface area contributed by atoms with Crippen molar-refractivity contribution in [1.82, 2.24) is 0 Å². The summed E-state index contributed by atoms with van der Waals surface area (Å²) < 4.78 is 41.0. The van der Waals surface area contributed by atoms with E-state index in [1.165, 1.54) is 18.2 Å². The summed E-state index contributed by atoms with van der Waals surface area (Å²) in [6.45, 7) is 0.520. The van der Waals surface area contributed by atoms with Crippen molar-refractivity contribution in [2.24, 2.45) is 0 Å². The zero-order valence-corrected chi connectivity index (χ0v) is 12.0. The van der Waals surface area contributed by atoms with Crippen LogP contribution in [0.25, 0.3) is 6.08 Å². The van der Waals surface area contributed by atoms with Crippen LogP contribution in [0, 0.1) is 0 Å². The van der Waals surface area contributed by atoms with Gasteiger partial charge in [-0.1, -0.05) is 42.0 Å². The number of hydrogen-bond acceptors (Lipinski definition) is 2. The van der Waals surface area contributed by atoms with Crippen LogP contribution in [0.4, 0.5) is 24.5 Å². The number of ether oxygens (including phenoxy) is 1. The molecule has 1 aliphatic rings. The van der Waals surface area contributed by atoms with Gasteiger partial charge in [-0.3, -0.25) is 0 Å². The minimum absolute atomic E-state index is 0.256. The molecular formula is C16H11ClF3NO. The first-order valence-electron chi connectivity index (χ1n) is 6.52. The fourth-order valence-corrected chi connectivity index (χ4v) is 2.69. The SMILES string of the molecule is FC(F)(F)Oc1cccc(N2CC=Cc3cccc(Cl)c32)c1. The van der Waals surface area contributed by atoms with Crippen LogP contribution in [-0.2, 0) is 0 Å². The van der Waals surface area contributed by atoms with E-state index in [4.69, 9.17) is 11.6 Å². The zero-order chi connectivity index (χ0) is 15.7. The van der Waals surface area contributed by atoms with Crippen LogP contribution in [-0.4, -0.2) is 12.9 Å². The third-order valence-corrected chi connectivity index (χ3v) is 3.54. The summed E-state index contributed by atoms with van der Waals surface area (Å²) in [5.41, 5.74) is 2.28. The summed E-state index contributed by atoms with van der Waals surface area (Å²) in [4.78, 5) is 1.85. The molecule has 0 atom stereocenters. The lowest BCUT2D eigenvalue weighted by atomic mass is 10.1. The molecule has 0 N–H and O–H groups in total. The summed E-state index contributed by atoms with van der Waals surface area (Å²) in [6, 6.07) is 11.3. The molecule has 2 aromatic rings. The van der Waals surface area contributed by atoms with Crippen LogP contribution in [0.2, 0.25) is 5.02 Å². The largest absolute Gasteiger partial charge is 0.573 e. The third kappa shape index (κ3) is 3.04. The van der Waals surface area contributed by atoms with Gasteiger partial charge in [0, 0.05) is 18.3 Å². The van der Waals surface area contributed by atoms with Gasteiger partial charge in [0.05, 0.1) is 10.7 Å². The van der Waals surface area contributed by atoms with Gasteiger partial charge < -0.3 is 9.64 Å². The maximum absolute atomic E-state index is 12.4. The fourth-order valence-electron chi connectivity index (χ4n) is 2.41. The van der Waals surface area contributed by atoms with Crippen molar-refractivity contribution in [2.75, 3.05) is 11.4 Å². The molecule has 6 heteroatoms. The summed E-state index contributed by atoms with van der Waals surface area (Å²) in [5.74, 6) is -0.256. The molecule has 114 valence electrons. The van der Waals surface area contributed by atoms with Crippen molar-refractivity contribution >= 4 is 29.1 Å². The van der Waals surface area contributed by atoms with Crippen LogP contribution in [0.15, 0.2) is 48.5 Å². The van der Waals surface area contributed by atoms with Crippen LogP contribution in [0.5, 0.6) is 5.75 Å². The number of fused-ring (bicyclic) bond motifs is 1. The molecule has 1 heterocycles. The third-order valence-electron chi connectivity index (χ3n) is 3.24. The van der Waals surface area contributed by atoms with E-state index in [2.05, 4.69) is 4.74 Å². The van der Waals surface area contributed by atoms with Crippen molar-refractivity contribution in [1.29, 1.82) is 0 Å². The molecule has 0 bridgehead atoms. The van der Waals surface area contributed by atoms with Gasteiger partial charge >= 0.3 is 6.36 Å². The van der Waals surface area contributed by atoms with Gasteiger partial charge in [0.25, 0.3) is 0 Å². The minimum atomic E-state index is -4.71. The average molecular weight is 326 g/mol. The predicted molar refractivity (Wildman–Crippen MR) is 80.6 cm³/mol. The maximum atomic E-state index is 12.4. The number of halogens is 4. The van der Waals surface area contributed by atoms with Crippen molar-refractivity contribution < 1.29 is 17.9 Å². The minimum Gasteiger partial charge on any atom is -0.406 e. The fraction of sp³-hybridized carbons (Fsp3) is 0.125. The Hall–Kier alpha value is -2.14. The lowest BCUT2D eigenvalue weighted by molar-refractivity contribution is -0.274. The number of hydrogen-bond donors (Lipinski definition) is 0. The Morgan fingerprint density at radius 1 is 1.09 bits per heavy atom. The Balaban J connectivity index is 2.00. The predicted octanol–water partition coefficient (Wildman–Crippen LogP) is 5.40. The highest BCUT2D eigenvalue weighted by Crippen LogP contribution is 2.39. The highest BCUT2D eigenvalue weighted by Gasteiger charge is 2.31. The van der Waals surface area contributed by atoms with Crippen molar-refractivity contribution in [3.63, 3.8) is 0 Å². The van der Waals surface area contributed by atoms with Crippen LogP contribution < -0.4 is 9.64 Å². The van der Waals surface area contributed by atoms with E-state index in [1.807, 2.05) is 29.2 Å². The van der Waals surface area contributed by atoms with Gasteiger partial charge in [-0.2, -0.15) is 0 Å². The standard InChI is InChI=1S/C16H11ClF3NO/c17-14-8-1-4-11-5-3-9-21(15(11)14)12-6-2-7-13(10-12)22-16(18,19)20/h1-8,10H,9H2. The Morgan fingerprint density at radius 2 is 1.86 bits per heavy atom. The van der Waals surface area contributed by atoms with Crippen molar-refractivity contribution in [3.05, 3.63) is 59.1 Å². The molecule has 0 saturated carbocycles. The molecule has 0 aromatic heterocycles. The van der Waals surface area contributed by atoms with Gasteiger partial charge in [0.15, 0.2) is 0 Å². The van der Waals surface area contributed by atoms with Crippen molar-refractivity contribution in [2.45, 2.75) is 6.36 Å². The second-order valence-electron chi connectivity index (χ2n) is 4.74. The van der Waals surface area contributed by atoms with E-state index < -0.39 is 6.36 Å². The molecule has 0 fully saturated rings. The molecule has 2 nitrogen and oxygen atoms in total. The summed E-state index contributed by atoms with van der Waals surface area (Å²) in [5, 5.41) is 0.545. The molecule has 1 aliphatic heterocycles. The maximum Gasteiger partial charge on any atom is 0.573 e. The van der Waals surface area contributed by atoms with E-state index in [0.717, 1.165) is 11.3 Å². The number of nitrogens with zero attached hydrogens (tertiary/aromatic N) is 1. The Bertz CT molecular complexity index is 728. The monoisotopic (exact) mass is 325 g/mol. The lowest BCUT2D eigenvalue weighted by Gasteiger charge is -2.29. The van der Waals surface area contributed by atoms with Gasteiger partial charge in [-0.25, -0.2) is 0 Å². The molecule has 0 unspecified atom stereocenters. The van der Waals surface area contributed by atoms with Crippen LogP contribution in [0.3, 0.4) is 0 Å². The first-order valence-corrected chi connectivity index (χ1v) is 6.90. The Morgan fingerprint density at radius 3 is 2.64 bits per heavy atom. The molecular weight excluding hydrogens is 315 g/mol. The average Bonchev–Trinajstić information content (AvgIpc) is 2.45. The molecule has 0 amide bonds. The Kier molecular flexibility index (Phi) is 3.74.